The van der Waals surface area contributed by atoms with E-state index in [4.69, 9.17) is 0 Å². The summed E-state index contributed by atoms with van der Waals surface area (Å²) in [6, 6.07) is 9.53. The fraction of sp³-hybridized carbons (Fsp3) is 0.438. The largest absolute Gasteiger partial charge is 0.343 e. The second kappa shape index (κ2) is 5.19. The third-order valence-corrected chi connectivity index (χ3v) is 5.14. The van der Waals surface area contributed by atoms with E-state index >= 15 is 0 Å². The molecule has 1 aromatic carbocycles. The molecule has 4 heteroatoms. The van der Waals surface area contributed by atoms with Crippen LogP contribution in [0.5, 0.6) is 0 Å². The summed E-state index contributed by atoms with van der Waals surface area (Å²) in [6.45, 7) is 3.06. The van der Waals surface area contributed by atoms with E-state index in [1.165, 1.54) is 34.0 Å². The van der Waals surface area contributed by atoms with Gasteiger partial charge in [0.1, 0.15) is 0 Å². The van der Waals surface area contributed by atoms with Gasteiger partial charge in [-0.15, -0.1) is 11.3 Å². The molecule has 2 heterocycles. The summed E-state index contributed by atoms with van der Waals surface area (Å²) in [6.07, 6.45) is 5.85. The van der Waals surface area contributed by atoms with Gasteiger partial charge in [0.05, 0.1) is 0 Å². The first kappa shape index (κ1) is 12.4. The van der Waals surface area contributed by atoms with E-state index in [9.17, 15) is 0 Å². The van der Waals surface area contributed by atoms with Gasteiger partial charge >= 0.3 is 0 Å². The van der Waals surface area contributed by atoms with Crippen LogP contribution in [0.3, 0.4) is 0 Å². The predicted octanol–water partition coefficient (Wildman–Crippen LogP) is 2.96. The molecule has 2 aliphatic rings. The lowest BCUT2D eigenvalue weighted by atomic mass is 10.0. The molecule has 0 radical (unpaired) electrons. The molecule has 3 nitrogen and oxygen atoms in total. The maximum atomic E-state index is 4.62. The smallest absolute Gasteiger partial charge is 0.185 e. The van der Waals surface area contributed by atoms with Crippen LogP contribution in [0.15, 0.2) is 30.5 Å². The average Bonchev–Trinajstić information content (AvgIpc) is 3.21. The van der Waals surface area contributed by atoms with Crippen molar-refractivity contribution in [3.63, 3.8) is 0 Å². The van der Waals surface area contributed by atoms with Crippen LogP contribution in [0.2, 0.25) is 0 Å². The second-order valence-corrected chi connectivity index (χ2v) is 6.80. The Labute approximate surface area is 123 Å². The van der Waals surface area contributed by atoms with Crippen molar-refractivity contribution in [2.45, 2.75) is 38.4 Å². The van der Waals surface area contributed by atoms with Crippen LogP contribution < -0.4 is 10.2 Å². The van der Waals surface area contributed by atoms with Gasteiger partial charge in [-0.2, -0.15) is 0 Å². The molecule has 1 saturated carbocycles. The van der Waals surface area contributed by atoms with Crippen molar-refractivity contribution in [3.05, 3.63) is 46.5 Å². The molecule has 4 rings (SSSR count). The van der Waals surface area contributed by atoms with Gasteiger partial charge in [0.15, 0.2) is 5.13 Å². The Morgan fingerprint density at radius 2 is 2.10 bits per heavy atom. The normalized spacial score (nSPS) is 18.1. The van der Waals surface area contributed by atoms with Gasteiger partial charge in [0.2, 0.25) is 0 Å². The number of thiazole rings is 1. The molecule has 0 amide bonds. The number of benzene rings is 1. The highest BCUT2D eigenvalue weighted by atomic mass is 32.1. The first-order chi connectivity index (χ1) is 9.88. The minimum atomic E-state index is 0.766. The molecule has 2 aromatic rings. The number of anilines is 1. The monoisotopic (exact) mass is 285 g/mol. The van der Waals surface area contributed by atoms with Crippen molar-refractivity contribution < 1.29 is 0 Å². The topological polar surface area (TPSA) is 28.2 Å². The van der Waals surface area contributed by atoms with Crippen molar-refractivity contribution in [1.29, 1.82) is 0 Å². The predicted molar refractivity (Wildman–Crippen MR) is 83.2 cm³/mol. The summed E-state index contributed by atoms with van der Waals surface area (Å²) < 4.78 is 0. The molecule has 0 spiro atoms. The lowest BCUT2D eigenvalue weighted by Crippen LogP contribution is -2.30. The van der Waals surface area contributed by atoms with Gasteiger partial charge in [-0.05, 0) is 30.4 Å². The SMILES string of the molecule is c1ccc2c(c1)CCN(c1ncc(CNC3CC3)s1)C2. The molecular weight excluding hydrogens is 266 g/mol. The zero-order valence-corrected chi connectivity index (χ0v) is 12.3. The molecule has 0 unspecified atom stereocenters. The maximum Gasteiger partial charge on any atom is 0.185 e. The molecule has 1 aliphatic carbocycles. The van der Waals surface area contributed by atoms with Gasteiger partial charge in [-0.3, -0.25) is 0 Å². The first-order valence-electron chi connectivity index (χ1n) is 7.38. The lowest BCUT2D eigenvalue weighted by Gasteiger charge is -2.28. The van der Waals surface area contributed by atoms with E-state index in [0.29, 0.717) is 0 Å². The van der Waals surface area contributed by atoms with Crippen LogP contribution in [-0.2, 0) is 19.5 Å². The van der Waals surface area contributed by atoms with Gasteiger partial charge in [0, 0.05) is 36.8 Å². The van der Waals surface area contributed by atoms with E-state index in [2.05, 4.69) is 39.5 Å². The highest BCUT2D eigenvalue weighted by molar-refractivity contribution is 7.15. The van der Waals surface area contributed by atoms with Crippen molar-refractivity contribution in [2.24, 2.45) is 0 Å². The molecule has 0 saturated heterocycles. The highest BCUT2D eigenvalue weighted by Gasteiger charge is 2.21. The van der Waals surface area contributed by atoms with Crippen molar-refractivity contribution >= 4 is 16.5 Å². The van der Waals surface area contributed by atoms with Crippen LogP contribution in [0.4, 0.5) is 5.13 Å². The summed E-state index contributed by atoms with van der Waals surface area (Å²) in [5, 5.41) is 4.73. The van der Waals surface area contributed by atoms with E-state index in [0.717, 1.165) is 32.1 Å². The summed E-state index contributed by atoms with van der Waals surface area (Å²) >= 11 is 1.84. The van der Waals surface area contributed by atoms with Crippen LogP contribution in [0.1, 0.15) is 28.8 Å². The Kier molecular flexibility index (Phi) is 3.20. The third-order valence-electron chi connectivity index (χ3n) is 4.08. The molecule has 104 valence electrons. The van der Waals surface area contributed by atoms with Crippen LogP contribution in [0.25, 0.3) is 0 Å². The Hall–Kier alpha value is -1.39. The number of nitrogens with zero attached hydrogens (tertiary/aromatic N) is 2. The first-order valence-corrected chi connectivity index (χ1v) is 8.20. The van der Waals surface area contributed by atoms with Crippen molar-refractivity contribution in [2.75, 3.05) is 11.4 Å². The molecule has 1 aromatic heterocycles. The number of fused-ring (bicyclic) bond motifs is 1. The van der Waals surface area contributed by atoms with E-state index < -0.39 is 0 Å². The molecule has 0 atom stereocenters. The standard InChI is InChI=1S/C16H19N3S/c1-2-4-13-11-19(8-7-12(13)3-1)16-18-10-15(20-16)9-17-14-5-6-14/h1-4,10,14,17H,5-9,11H2. The number of aromatic nitrogens is 1. The number of nitrogens with one attached hydrogen (secondary N) is 1. The van der Waals surface area contributed by atoms with Crippen LogP contribution in [0, 0.1) is 0 Å². The molecule has 0 bridgehead atoms. The van der Waals surface area contributed by atoms with Crippen molar-refractivity contribution in [3.8, 4) is 0 Å². The highest BCUT2D eigenvalue weighted by Crippen LogP contribution is 2.28. The van der Waals surface area contributed by atoms with Crippen molar-refractivity contribution in [1.82, 2.24) is 10.3 Å². The average molecular weight is 285 g/mol. The Bertz CT molecular complexity index is 603. The summed E-state index contributed by atoms with van der Waals surface area (Å²) in [5.74, 6) is 0. The van der Waals surface area contributed by atoms with Crippen LogP contribution in [-0.4, -0.2) is 17.6 Å². The number of rotatable bonds is 4. The fourth-order valence-electron chi connectivity index (χ4n) is 2.72. The summed E-state index contributed by atoms with van der Waals surface area (Å²) in [5.41, 5.74) is 2.95. The lowest BCUT2D eigenvalue weighted by molar-refractivity contribution is 0.694. The van der Waals surface area contributed by atoms with Gasteiger partial charge in [-0.1, -0.05) is 24.3 Å². The Balaban J connectivity index is 1.45. The second-order valence-electron chi connectivity index (χ2n) is 5.70. The molecule has 1 aliphatic heterocycles. The zero-order chi connectivity index (χ0) is 13.4. The number of hydrogen-bond donors (Lipinski definition) is 1. The number of hydrogen-bond acceptors (Lipinski definition) is 4. The molecule has 1 fully saturated rings. The minimum Gasteiger partial charge on any atom is -0.343 e. The quantitative estimate of drug-likeness (QED) is 0.936. The molecular formula is C16H19N3S. The van der Waals surface area contributed by atoms with E-state index in [1.807, 2.05) is 17.5 Å². The Morgan fingerprint density at radius 3 is 2.95 bits per heavy atom. The Morgan fingerprint density at radius 1 is 1.25 bits per heavy atom. The molecule has 1 N–H and O–H groups in total. The maximum absolute atomic E-state index is 4.62. The zero-order valence-electron chi connectivity index (χ0n) is 11.5. The van der Waals surface area contributed by atoms with E-state index in [1.54, 1.807) is 0 Å². The van der Waals surface area contributed by atoms with Gasteiger partial charge in [-0.25, -0.2) is 4.98 Å². The van der Waals surface area contributed by atoms with E-state index in [-0.39, 0.29) is 0 Å². The van der Waals surface area contributed by atoms with Crippen LogP contribution >= 0.6 is 11.3 Å². The summed E-state index contributed by atoms with van der Waals surface area (Å²) in [7, 11) is 0. The molecule has 20 heavy (non-hydrogen) atoms. The third kappa shape index (κ3) is 2.58. The summed E-state index contributed by atoms with van der Waals surface area (Å²) in [4.78, 5) is 8.38. The van der Waals surface area contributed by atoms with Gasteiger partial charge in [0.25, 0.3) is 0 Å². The minimum absolute atomic E-state index is 0.766. The van der Waals surface area contributed by atoms with Gasteiger partial charge < -0.3 is 10.2 Å². The fourth-order valence-corrected chi connectivity index (χ4v) is 3.60.